The van der Waals surface area contributed by atoms with Crippen LogP contribution in [0.3, 0.4) is 0 Å². The number of para-hydroxylation sites is 2. The van der Waals surface area contributed by atoms with E-state index in [4.69, 9.17) is 4.74 Å². The van der Waals surface area contributed by atoms with E-state index < -0.39 is 0 Å². The highest BCUT2D eigenvalue weighted by Gasteiger charge is 2.29. The molecule has 2 aromatic carbocycles. The number of piperidine rings is 1. The highest BCUT2D eigenvalue weighted by molar-refractivity contribution is 5.94. The number of likely N-dealkylation sites (tertiary alicyclic amines) is 1. The number of aromatic nitrogens is 2. The van der Waals surface area contributed by atoms with Gasteiger partial charge in [0.15, 0.2) is 11.6 Å². The number of hydrogen-bond donors (Lipinski definition) is 0. The average molecular weight is 377 g/mol. The summed E-state index contributed by atoms with van der Waals surface area (Å²) in [6.07, 6.45) is 1.43. The van der Waals surface area contributed by atoms with Gasteiger partial charge in [0, 0.05) is 20.0 Å². The lowest BCUT2D eigenvalue weighted by atomic mass is 10.1. The van der Waals surface area contributed by atoms with E-state index in [0.717, 1.165) is 29.4 Å². The van der Waals surface area contributed by atoms with E-state index in [2.05, 4.69) is 4.98 Å². The van der Waals surface area contributed by atoms with E-state index in [-0.39, 0.29) is 24.5 Å². The van der Waals surface area contributed by atoms with Gasteiger partial charge in [0.2, 0.25) is 0 Å². The minimum Gasteiger partial charge on any atom is -0.445 e. The molecule has 1 amide bonds. The van der Waals surface area contributed by atoms with Crippen LogP contribution in [0.2, 0.25) is 0 Å². The first kappa shape index (κ1) is 18.2. The number of ether oxygens (including phenoxy) is 1. The van der Waals surface area contributed by atoms with Crippen molar-refractivity contribution < 1.29 is 14.3 Å². The molecule has 6 nitrogen and oxygen atoms in total. The predicted octanol–water partition coefficient (Wildman–Crippen LogP) is 4.21. The maximum absolute atomic E-state index is 12.6. The third-order valence-corrected chi connectivity index (χ3v) is 5.14. The standard InChI is InChI=1S/C22H23N3O3/c1-16(26)21-23-19-11-5-6-12-20(19)25(21)18-10-7-13-24(14-18)22(27)28-15-17-8-3-2-4-9-17/h2-6,8-9,11-12,18H,7,10,13-15H2,1H3/t18-/m0/s1. The summed E-state index contributed by atoms with van der Waals surface area (Å²) in [6.45, 7) is 2.96. The predicted molar refractivity (Wildman–Crippen MR) is 106 cm³/mol. The zero-order valence-electron chi connectivity index (χ0n) is 15.9. The lowest BCUT2D eigenvalue weighted by Gasteiger charge is -2.33. The summed E-state index contributed by atoms with van der Waals surface area (Å²) in [6, 6.07) is 17.4. The minimum absolute atomic E-state index is 0.00400. The molecule has 0 bridgehead atoms. The molecule has 1 aliphatic rings. The molecule has 0 N–H and O–H groups in total. The lowest BCUT2D eigenvalue weighted by Crippen LogP contribution is -2.41. The third-order valence-electron chi connectivity index (χ3n) is 5.14. The second kappa shape index (κ2) is 7.84. The van der Waals surface area contributed by atoms with Gasteiger partial charge >= 0.3 is 6.09 Å². The van der Waals surface area contributed by atoms with Crippen molar-refractivity contribution in [3.63, 3.8) is 0 Å². The number of rotatable bonds is 4. The Morgan fingerprint density at radius 1 is 1.11 bits per heavy atom. The van der Waals surface area contributed by atoms with E-state index in [1.807, 2.05) is 59.2 Å². The van der Waals surface area contributed by atoms with Gasteiger partial charge in [-0.1, -0.05) is 42.5 Å². The smallest absolute Gasteiger partial charge is 0.410 e. The van der Waals surface area contributed by atoms with Crippen LogP contribution in [0.1, 0.15) is 42.0 Å². The minimum atomic E-state index is -0.317. The molecule has 1 atom stereocenters. The molecule has 4 rings (SSSR count). The Labute approximate surface area is 163 Å². The summed E-state index contributed by atoms with van der Waals surface area (Å²) in [5, 5.41) is 0. The van der Waals surface area contributed by atoms with Crippen molar-refractivity contribution in [1.82, 2.24) is 14.5 Å². The van der Waals surface area contributed by atoms with Crippen LogP contribution in [0.15, 0.2) is 54.6 Å². The molecule has 0 saturated carbocycles. The van der Waals surface area contributed by atoms with Crippen LogP contribution in [0.5, 0.6) is 0 Å². The molecule has 3 aromatic rings. The molecular weight excluding hydrogens is 354 g/mol. The van der Waals surface area contributed by atoms with Crippen LogP contribution >= 0.6 is 0 Å². The normalized spacial score (nSPS) is 16.9. The quantitative estimate of drug-likeness (QED) is 0.639. The highest BCUT2D eigenvalue weighted by Crippen LogP contribution is 2.28. The van der Waals surface area contributed by atoms with Crippen LogP contribution < -0.4 is 0 Å². The number of amides is 1. The molecule has 28 heavy (non-hydrogen) atoms. The fourth-order valence-electron chi connectivity index (χ4n) is 3.80. The van der Waals surface area contributed by atoms with Crippen LogP contribution in [-0.2, 0) is 11.3 Å². The largest absolute Gasteiger partial charge is 0.445 e. The number of fused-ring (bicyclic) bond motifs is 1. The Hall–Kier alpha value is -3.15. The Kier molecular flexibility index (Phi) is 5.10. The summed E-state index contributed by atoms with van der Waals surface area (Å²) >= 11 is 0. The van der Waals surface area contributed by atoms with Gasteiger partial charge in [-0.05, 0) is 30.5 Å². The zero-order valence-corrected chi connectivity index (χ0v) is 15.9. The molecule has 2 heterocycles. The Morgan fingerprint density at radius 3 is 2.64 bits per heavy atom. The SMILES string of the molecule is CC(=O)c1nc2ccccc2n1[C@H]1CCCN(C(=O)OCc2ccccc2)C1. The molecule has 1 fully saturated rings. The molecule has 0 radical (unpaired) electrons. The number of carbonyl (C=O) groups excluding carboxylic acids is 2. The number of Topliss-reactive ketones (excluding diaryl/α,β-unsaturated/α-hetero) is 1. The summed E-state index contributed by atoms with van der Waals surface area (Å²) < 4.78 is 7.49. The number of benzene rings is 2. The number of ketones is 1. The van der Waals surface area contributed by atoms with E-state index in [0.29, 0.717) is 18.9 Å². The van der Waals surface area contributed by atoms with E-state index in [1.54, 1.807) is 4.90 Å². The first-order valence-corrected chi connectivity index (χ1v) is 9.57. The van der Waals surface area contributed by atoms with Gasteiger partial charge in [-0.25, -0.2) is 9.78 Å². The lowest BCUT2D eigenvalue weighted by molar-refractivity contribution is 0.0799. The van der Waals surface area contributed by atoms with E-state index >= 15 is 0 Å². The topological polar surface area (TPSA) is 64.4 Å². The van der Waals surface area contributed by atoms with Crippen LogP contribution in [0.25, 0.3) is 11.0 Å². The van der Waals surface area contributed by atoms with Gasteiger partial charge in [0.25, 0.3) is 0 Å². The highest BCUT2D eigenvalue weighted by atomic mass is 16.6. The number of carbonyl (C=O) groups is 2. The molecule has 1 saturated heterocycles. The second-order valence-corrected chi connectivity index (χ2v) is 7.13. The van der Waals surface area contributed by atoms with Gasteiger partial charge in [0.05, 0.1) is 17.1 Å². The monoisotopic (exact) mass is 377 g/mol. The Balaban J connectivity index is 1.52. The molecule has 0 spiro atoms. The van der Waals surface area contributed by atoms with E-state index in [1.165, 1.54) is 6.92 Å². The van der Waals surface area contributed by atoms with Gasteiger partial charge in [-0.15, -0.1) is 0 Å². The van der Waals surface area contributed by atoms with Crippen molar-refractivity contribution in [3.05, 3.63) is 66.0 Å². The van der Waals surface area contributed by atoms with Crippen molar-refractivity contribution in [2.45, 2.75) is 32.4 Å². The number of nitrogens with zero attached hydrogens (tertiary/aromatic N) is 3. The van der Waals surface area contributed by atoms with Crippen LogP contribution in [0, 0.1) is 0 Å². The first-order chi connectivity index (χ1) is 13.6. The third kappa shape index (κ3) is 3.63. The van der Waals surface area contributed by atoms with Crippen molar-refractivity contribution in [2.24, 2.45) is 0 Å². The van der Waals surface area contributed by atoms with Gasteiger partial charge in [-0.2, -0.15) is 0 Å². The second-order valence-electron chi connectivity index (χ2n) is 7.13. The maximum Gasteiger partial charge on any atom is 0.410 e. The van der Waals surface area contributed by atoms with E-state index in [9.17, 15) is 9.59 Å². The fourth-order valence-corrected chi connectivity index (χ4v) is 3.80. The molecule has 0 aliphatic carbocycles. The summed E-state index contributed by atoms with van der Waals surface area (Å²) in [7, 11) is 0. The molecule has 1 aliphatic heterocycles. The number of hydrogen-bond acceptors (Lipinski definition) is 4. The molecule has 1 aromatic heterocycles. The van der Waals surface area contributed by atoms with Crippen molar-refractivity contribution in [3.8, 4) is 0 Å². The molecule has 0 unspecified atom stereocenters. The van der Waals surface area contributed by atoms with Crippen LogP contribution in [-0.4, -0.2) is 39.4 Å². The maximum atomic E-state index is 12.6. The average Bonchev–Trinajstić information content (AvgIpc) is 3.13. The summed E-state index contributed by atoms with van der Waals surface area (Å²) in [5.74, 6) is 0.380. The van der Waals surface area contributed by atoms with Gasteiger partial charge in [-0.3, -0.25) is 4.79 Å². The van der Waals surface area contributed by atoms with Crippen molar-refractivity contribution in [1.29, 1.82) is 0 Å². The first-order valence-electron chi connectivity index (χ1n) is 9.57. The van der Waals surface area contributed by atoms with Gasteiger partial charge in [0.1, 0.15) is 6.61 Å². The molecule has 6 heteroatoms. The van der Waals surface area contributed by atoms with Crippen molar-refractivity contribution >= 4 is 22.9 Å². The van der Waals surface area contributed by atoms with Crippen molar-refractivity contribution in [2.75, 3.05) is 13.1 Å². The Morgan fingerprint density at radius 2 is 1.86 bits per heavy atom. The fraction of sp³-hybridized carbons (Fsp3) is 0.318. The summed E-state index contributed by atoms with van der Waals surface area (Å²) in [5.41, 5.74) is 2.69. The zero-order chi connectivity index (χ0) is 19.5. The molecular formula is C22H23N3O3. The van der Waals surface area contributed by atoms with Crippen LogP contribution in [0.4, 0.5) is 4.79 Å². The Bertz CT molecular complexity index is 997. The number of imidazole rings is 1. The molecule has 144 valence electrons. The van der Waals surface area contributed by atoms with Gasteiger partial charge < -0.3 is 14.2 Å². The summed E-state index contributed by atoms with van der Waals surface area (Å²) in [4.78, 5) is 31.0.